The normalized spacial score (nSPS) is 15.6. The molecule has 37 heavy (non-hydrogen) atoms. The zero-order chi connectivity index (χ0) is 26.5. The van der Waals surface area contributed by atoms with Crippen LogP contribution in [0.5, 0.6) is 11.5 Å². The Balaban J connectivity index is 1.48. The second-order valence-electron chi connectivity index (χ2n) is 8.63. The van der Waals surface area contributed by atoms with Crippen molar-refractivity contribution < 1.29 is 23.9 Å². The number of nitrogens with zero attached hydrogens (tertiary/aromatic N) is 2. The van der Waals surface area contributed by atoms with Gasteiger partial charge in [-0.3, -0.25) is 14.9 Å². The first-order valence-corrected chi connectivity index (χ1v) is 12.3. The van der Waals surface area contributed by atoms with Crippen LogP contribution in [0.1, 0.15) is 37.4 Å². The Kier molecular flexibility index (Phi) is 7.98. The van der Waals surface area contributed by atoms with Gasteiger partial charge in [-0.1, -0.05) is 37.6 Å². The third-order valence-electron chi connectivity index (χ3n) is 6.31. The molecule has 4 amide bonds. The van der Waals surface area contributed by atoms with Crippen LogP contribution < -0.4 is 19.7 Å². The SMILES string of the molecule is CC[C@@H](C)c1ccc(OCCn2cccc2/C=C2/C(=O)NC(=O)N(c3ccc(OC)c(Cl)c3)C2=O)cc1. The number of urea groups is 1. The zero-order valence-electron chi connectivity index (χ0n) is 20.9. The number of hydrogen-bond acceptors (Lipinski definition) is 5. The van der Waals surface area contributed by atoms with E-state index in [1.807, 2.05) is 29.0 Å². The molecule has 0 aliphatic carbocycles. The van der Waals surface area contributed by atoms with Gasteiger partial charge in [0.1, 0.15) is 23.7 Å². The van der Waals surface area contributed by atoms with E-state index in [-0.39, 0.29) is 16.3 Å². The summed E-state index contributed by atoms with van der Waals surface area (Å²) in [5.74, 6) is 0.149. The summed E-state index contributed by atoms with van der Waals surface area (Å²) in [5, 5.41) is 2.45. The molecule has 8 nitrogen and oxygen atoms in total. The van der Waals surface area contributed by atoms with Gasteiger partial charge in [-0.25, -0.2) is 9.69 Å². The van der Waals surface area contributed by atoms with Crippen molar-refractivity contribution in [2.75, 3.05) is 18.6 Å². The van der Waals surface area contributed by atoms with Crippen LogP contribution in [0.2, 0.25) is 5.02 Å². The Bertz CT molecular complexity index is 1350. The molecule has 2 aromatic carbocycles. The predicted octanol–water partition coefficient (Wildman–Crippen LogP) is 5.41. The Morgan fingerprint density at radius 3 is 2.51 bits per heavy atom. The Hall–Kier alpha value is -4.04. The van der Waals surface area contributed by atoms with Crippen LogP contribution in [-0.2, 0) is 16.1 Å². The van der Waals surface area contributed by atoms with Gasteiger partial charge in [0.25, 0.3) is 11.8 Å². The van der Waals surface area contributed by atoms with E-state index < -0.39 is 17.8 Å². The number of aromatic nitrogens is 1. The molecule has 1 aromatic heterocycles. The van der Waals surface area contributed by atoms with Crippen molar-refractivity contribution in [2.24, 2.45) is 0 Å². The second kappa shape index (κ2) is 11.3. The number of imide groups is 2. The van der Waals surface area contributed by atoms with Crippen LogP contribution in [0.25, 0.3) is 6.08 Å². The Morgan fingerprint density at radius 1 is 1.08 bits per heavy atom. The molecule has 0 unspecified atom stereocenters. The molecule has 0 saturated carbocycles. The van der Waals surface area contributed by atoms with Gasteiger partial charge in [-0.05, 0) is 66.4 Å². The quantitative estimate of drug-likeness (QED) is 0.300. The minimum atomic E-state index is -0.850. The van der Waals surface area contributed by atoms with E-state index in [4.69, 9.17) is 21.1 Å². The molecule has 1 atom stereocenters. The molecule has 9 heteroatoms. The number of anilines is 1. The first-order chi connectivity index (χ1) is 17.8. The third-order valence-corrected chi connectivity index (χ3v) is 6.61. The number of methoxy groups -OCH3 is 1. The average Bonchev–Trinajstić information content (AvgIpc) is 3.33. The summed E-state index contributed by atoms with van der Waals surface area (Å²) in [7, 11) is 1.46. The highest BCUT2D eigenvalue weighted by atomic mass is 35.5. The standard InChI is InChI=1S/C28H28ClN3O5/c1-4-18(2)19-7-10-22(11-8-19)37-15-14-31-13-5-6-20(31)16-23-26(33)30-28(35)32(27(23)34)21-9-12-25(36-3)24(29)17-21/h5-13,16-18H,4,14-15H2,1-3H3,(H,30,33,35)/b23-16-/t18-/m1/s1. The Labute approximate surface area is 220 Å². The number of amides is 4. The Morgan fingerprint density at radius 2 is 1.84 bits per heavy atom. The lowest BCUT2D eigenvalue weighted by atomic mass is 9.99. The van der Waals surface area contributed by atoms with Crippen molar-refractivity contribution in [3.05, 3.63) is 82.6 Å². The summed E-state index contributed by atoms with van der Waals surface area (Å²) >= 11 is 6.17. The fraction of sp³-hybridized carbons (Fsp3) is 0.250. The van der Waals surface area contributed by atoms with Gasteiger partial charge >= 0.3 is 6.03 Å². The lowest BCUT2D eigenvalue weighted by Crippen LogP contribution is -2.54. The molecule has 4 rings (SSSR count). The molecule has 0 bridgehead atoms. The number of hydrogen-bond donors (Lipinski definition) is 1. The summed E-state index contributed by atoms with van der Waals surface area (Å²) in [5.41, 5.74) is 1.94. The molecule has 3 aromatic rings. The van der Waals surface area contributed by atoms with Crippen molar-refractivity contribution in [3.63, 3.8) is 0 Å². The van der Waals surface area contributed by atoms with Gasteiger partial charge in [-0.2, -0.15) is 0 Å². The first kappa shape index (κ1) is 26.0. The highest BCUT2D eigenvalue weighted by Gasteiger charge is 2.37. The molecule has 192 valence electrons. The van der Waals surface area contributed by atoms with Gasteiger partial charge < -0.3 is 14.0 Å². The summed E-state index contributed by atoms with van der Waals surface area (Å²) < 4.78 is 12.9. The second-order valence-corrected chi connectivity index (χ2v) is 9.04. The number of benzene rings is 2. The van der Waals surface area contributed by atoms with E-state index in [0.29, 0.717) is 30.5 Å². The number of rotatable bonds is 9. The lowest BCUT2D eigenvalue weighted by Gasteiger charge is -2.26. The monoisotopic (exact) mass is 521 g/mol. The maximum absolute atomic E-state index is 13.2. The van der Waals surface area contributed by atoms with Gasteiger partial charge in [-0.15, -0.1) is 0 Å². The van der Waals surface area contributed by atoms with Crippen molar-refractivity contribution >= 4 is 41.2 Å². The smallest absolute Gasteiger partial charge is 0.335 e. The van der Waals surface area contributed by atoms with E-state index >= 15 is 0 Å². The van der Waals surface area contributed by atoms with Crippen molar-refractivity contribution in [1.82, 2.24) is 9.88 Å². The lowest BCUT2D eigenvalue weighted by molar-refractivity contribution is -0.122. The van der Waals surface area contributed by atoms with Crippen molar-refractivity contribution in [3.8, 4) is 11.5 Å². The van der Waals surface area contributed by atoms with Crippen LogP contribution >= 0.6 is 11.6 Å². The topological polar surface area (TPSA) is 89.9 Å². The predicted molar refractivity (Wildman–Crippen MR) is 142 cm³/mol. The van der Waals surface area contributed by atoms with E-state index in [1.54, 1.807) is 12.1 Å². The van der Waals surface area contributed by atoms with E-state index in [0.717, 1.165) is 17.1 Å². The summed E-state index contributed by atoms with van der Waals surface area (Å²) in [6, 6.07) is 15.3. The average molecular weight is 522 g/mol. The number of ether oxygens (including phenoxy) is 2. The number of halogens is 1. The molecular weight excluding hydrogens is 494 g/mol. The largest absolute Gasteiger partial charge is 0.495 e. The maximum atomic E-state index is 13.2. The molecule has 0 spiro atoms. The third kappa shape index (κ3) is 5.70. The number of nitrogens with one attached hydrogen (secondary N) is 1. The van der Waals surface area contributed by atoms with Crippen LogP contribution in [0.4, 0.5) is 10.5 Å². The fourth-order valence-electron chi connectivity index (χ4n) is 3.99. The summed E-state index contributed by atoms with van der Waals surface area (Å²) in [6.45, 7) is 5.23. The fourth-order valence-corrected chi connectivity index (χ4v) is 4.24. The van der Waals surface area contributed by atoms with Crippen LogP contribution in [0, 0.1) is 0 Å². The highest BCUT2D eigenvalue weighted by Crippen LogP contribution is 2.31. The van der Waals surface area contributed by atoms with Gasteiger partial charge in [0, 0.05) is 11.9 Å². The molecule has 1 saturated heterocycles. The van der Waals surface area contributed by atoms with Gasteiger partial charge in [0.15, 0.2) is 0 Å². The number of carbonyl (C=O) groups excluding carboxylic acids is 3. The van der Waals surface area contributed by atoms with E-state index in [2.05, 4.69) is 31.3 Å². The van der Waals surface area contributed by atoms with Crippen LogP contribution in [0.15, 0.2) is 66.4 Å². The number of carbonyl (C=O) groups is 3. The van der Waals surface area contributed by atoms with Gasteiger partial charge in [0.05, 0.1) is 24.4 Å². The zero-order valence-corrected chi connectivity index (χ0v) is 21.6. The summed E-state index contributed by atoms with van der Waals surface area (Å²) in [4.78, 5) is 39.1. The molecule has 1 aliphatic rings. The number of barbiturate groups is 1. The molecule has 0 radical (unpaired) electrons. The molecule has 1 fully saturated rings. The van der Waals surface area contributed by atoms with Crippen molar-refractivity contribution in [2.45, 2.75) is 32.7 Å². The van der Waals surface area contributed by atoms with E-state index in [1.165, 1.54) is 30.9 Å². The van der Waals surface area contributed by atoms with Crippen molar-refractivity contribution in [1.29, 1.82) is 0 Å². The molecular formula is C28H28ClN3O5. The van der Waals surface area contributed by atoms with Crippen LogP contribution in [-0.4, -0.2) is 36.1 Å². The minimum Gasteiger partial charge on any atom is -0.495 e. The van der Waals surface area contributed by atoms with Crippen LogP contribution in [0.3, 0.4) is 0 Å². The first-order valence-electron chi connectivity index (χ1n) is 11.9. The van der Waals surface area contributed by atoms with E-state index in [9.17, 15) is 14.4 Å². The van der Waals surface area contributed by atoms with Gasteiger partial charge in [0.2, 0.25) is 0 Å². The molecule has 2 heterocycles. The highest BCUT2D eigenvalue weighted by molar-refractivity contribution is 6.39. The molecule has 1 N–H and O–H groups in total. The maximum Gasteiger partial charge on any atom is 0.335 e. The summed E-state index contributed by atoms with van der Waals surface area (Å²) in [6.07, 6.45) is 4.37. The minimum absolute atomic E-state index is 0.173. The molecule has 1 aliphatic heterocycles.